The SMILES string of the molecule is CC(C(=O)O)=C1N(C)[CH]CN1C. The van der Waals surface area contributed by atoms with Crippen LogP contribution in [0, 0.1) is 6.54 Å². The first-order valence-corrected chi connectivity index (χ1v) is 3.75. The standard InChI is InChI=1S/C8H13N2O2/c1-6(8(11)12)7-9(2)4-5-10(7)3/h4H,5H2,1-3H3,(H,11,12). The fourth-order valence-electron chi connectivity index (χ4n) is 1.33. The van der Waals surface area contributed by atoms with Crippen LogP contribution in [0.1, 0.15) is 6.92 Å². The highest BCUT2D eigenvalue weighted by molar-refractivity contribution is 5.86. The monoisotopic (exact) mass is 169 g/mol. The van der Waals surface area contributed by atoms with E-state index < -0.39 is 5.97 Å². The Morgan fingerprint density at radius 1 is 1.58 bits per heavy atom. The molecule has 0 aromatic rings. The number of rotatable bonds is 1. The van der Waals surface area contributed by atoms with E-state index in [9.17, 15) is 4.79 Å². The molecule has 0 aromatic heterocycles. The van der Waals surface area contributed by atoms with Crippen LogP contribution in [0.5, 0.6) is 0 Å². The molecule has 0 amide bonds. The minimum atomic E-state index is -0.862. The number of likely N-dealkylation sites (N-methyl/N-ethyl adjacent to an activating group) is 2. The van der Waals surface area contributed by atoms with Crippen molar-refractivity contribution in [2.24, 2.45) is 0 Å². The van der Waals surface area contributed by atoms with Crippen molar-refractivity contribution < 1.29 is 9.90 Å². The molecule has 1 aliphatic heterocycles. The van der Waals surface area contributed by atoms with Crippen LogP contribution in [0.2, 0.25) is 0 Å². The highest BCUT2D eigenvalue weighted by Gasteiger charge is 2.23. The molecule has 0 saturated carbocycles. The Labute approximate surface area is 72.1 Å². The second-order valence-electron chi connectivity index (χ2n) is 2.93. The molecule has 1 radical (unpaired) electrons. The molecule has 0 spiro atoms. The minimum absolute atomic E-state index is 0.383. The lowest BCUT2D eigenvalue weighted by atomic mass is 10.3. The van der Waals surface area contributed by atoms with Gasteiger partial charge in [0, 0.05) is 20.6 Å². The summed E-state index contributed by atoms with van der Waals surface area (Å²) in [7, 11) is 3.73. The summed E-state index contributed by atoms with van der Waals surface area (Å²) in [6, 6.07) is 0. The summed E-state index contributed by atoms with van der Waals surface area (Å²) in [5, 5.41) is 8.75. The summed E-state index contributed by atoms with van der Waals surface area (Å²) >= 11 is 0. The molecule has 0 aliphatic carbocycles. The van der Waals surface area contributed by atoms with E-state index in [2.05, 4.69) is 0 Å². The molecule has 0 atom stereocenters. The normalized spacial score (nSPS) is 21.6. The van der Waals surface area contributed by atoms with Crippen LogP contribution in [0.15, 0.2) is 11.4 Å². The largest absolute Gasteiger partial charge is 0.478 e. The van der Waals surface area contributed by atoms with Crippen molar-refractivity contribution >= 4 is 5.97 Å². The second-order valence-corrected chi connectivity index (χ2v) is 2.93. The van der Waals surface area contributed by atoms with Crippen LogP contribution >= 0.6 is 0 Å². The molecule has 1 heterocycles. The fraction of sp³-hybridized carbons (Fsp3) is 0.500. The summed E-state index contributed by atoms with van der Waals surface area (Å²) in [6.45, 7) is 4.34. The van der Waals surface area contributed by atoms with Crippen molar-refractivity contribution in [3.63, 3.8) is 0 Å². The number of hydrogen-bond acceptors (Lipinski definition) is 3. The van der Waals surface area contributed by atoms with Gasteiger partial charge in [0.1, 0.15) is 5.82 Å². The molecule has 1 rings (SSSR count). The summed E-state index contributed by atoms with van der Waals surface area (Å²) in [5.41, 5.74) is 0.383. The number of carboxylic acid groups (broad SMARTS) is 1. The maximum atomic E-state index is 10.7. The molecule has 1 saturated heterocycles. The highest BCUT2D eigenvalue weighted by Crippen LogP contribution is 2.20. The van der Waals surface area contributed by atoms with Crippen LogP contribution in [-0.4, -0.2) is 41.5 Å². The summed E-state index contributed by atoms with van der Waals surface area (Å²) in [5.74, 6) is -0.0958. The van der Waals surface area contributed by atoms with Crippen LogP contribution in [0.3, 0.4) is 0 Å². The van der Waals surface area contributed by atoms with Gasteiger partial charge in [-0.05, 0) is 6.92 Å². The molecule has 1 N–H and O–H groups in total. The van der Waals surface area contributed by atoms with E-state index >= 15 is 0 Å². The molecular weight excluding hydrogens is 156 g/mol. The first-order valence-electron chi connectivity index (χ1n) is 3.75. The van der Waals surface area contributed by atoms with Crippen molar-refractivity contribution in [2.75, 3.05) is 20.6 Å². The van der Waals surface area contributed by atoms with E-state index in [4.69, 9.17) is 5.11 Å². The van der Waals surface area contributed by atoms with Gasteiger partial charge in [0.25, 0.3) is 0 Å². The lowest BCUT2D eigenvalue weighted by Gasteiger charge is -2.18. The van der Waals surface area contributed by atoms with Gasteiger partial charge < -0.3 is 14.9 Å². The highest BCUT2D eigenvalue weighted by atomic mass is 16.4. The molecule has 1 fully saturated rings. The van der Waals surface area contributed by atoms with E-state index in [-0.39, 0.29) is 0 Å². The average molecular weight is 169 g/mol. The maximum absolute atomic E-state index is 10.7. The van der Waals surface area contributed by atoms with E-state index in [0.717, 1.165) is 12.4 Å². The van der Waals surface area contributed by atoms with E-state index in [0.29, 0.717) is 5.57 Å². The number of carboxylic acids is 1. The zero-order valence-electron chi connectivity index (χ0n) is 7.53. The van der Waals surface area contributed by atoms with Gasteiger partial charge in [-0.3, -0.25) is 0 Å². The van der Waals surface area contributed by atoms with Crippen LogP contribution in [0.25, 0.3) is 0 Å². The van der Waals surface area contributed by atoms with Gasteiger partial charge in [0.15, 0.2) is 0 Å². The molecule has 4 heteroatoms. The molecule has 4 nitrogen and oxygen atoms in total. The lowest BCUT2D eigenvalue weighted by Crippen LogP contribution is -2.20. The summed E-state index contributed by atoms with van der Waals surface area (Å²) < 4.78 is 0. The molecule has 0 aromatic carbocycles. The van der Waals surface area contributed by atoms with Gasteiger partial charge in [0.2, 0.25) is 0 Å². The topological polar surface area (TPSA) is 43.8 Å². The van der Waals surface area contributed by atoms with Crippen molar-refractivity contribution in [3.05, 3.63) is 17.9 Å². The third kappa shape index (κ3) is 1.37. The molecule has 0 unspecified atom stereocenters. The van der Waals surface area contributed by atoms with Gasteiger partial charge >= 0.3 is 5.97 Å². The Balaban J connectivity index is 2.97. The number of nitrogens with zero attached hydrogens (tertiary/aromatic N) is 2. The Morgan fingerprint density at radius 3 is 2.50 bits per heavy atom. The van der Waals surface area contributed by atoms with Crippen LogP contribution in [-0.2, 0) is 4.79 Å². The van der Waals surface area contributed by atoms with Gasteiger partial charge in [0.05, 0.1) is 12.1 Å². The predicted molar refractivity (Wildman–Crippen MR) is 45.0 cm³/mol. The first-order chi connectivity index (χ1) is 5.54. The molecule has 67 valence electrons. The van der Waals surface area contributed by atoms with E-state index in [1.807, 2.05) is 30.4 Å². The fourth-order valence-corrected chi connectivity index (χ4v) is 1.33. The first kappa shape index (κ1) is 8.90. The van der Waals surface area contributed by atoms with Gasteiger partial charge in [-0.2, -0.15) is 0 Å². The second kappa shape index (κ2) is 3.05. The van der Waals surface area contributed by atoms with E-state index in [1.165, 1.54) is 0 Å². The van der Waals surface area contributed by atoms with Crippen LogP contribution in [0.4, 0.5) is 0 Å². The Bertz CT molecular complexity index is 223. The van der Waals surface area contributed by atoms with E-state index in [1.54, 1.807) is 6.92 Å². The van der Waals surface area contributed by atoms with Crippen molar-refractivity contribution in [3.8, 4) is 0 Å². The van der Waals surface area contributed by atoms with Crippen molar-refractivity contribution in [1.82, 2.24) is 9.80 Å². The lowest BCUT2D eigenvalue weighted by molar-refractivity contribution is -0.132. The van der Waals surface area contributed by atoms with Crippen molar-refractivity contribution in [2.45, 2.75) is 6.92 Å². The Morgan fingerprint density at radius 2 is 2.17 bits per heavy atom. The molecule has 1 aliphatic rings. The van der Waals surface area contributed by atoms with Gasteiger partial charge in [-0.1, -0.05) is 0 Å². The predicted octanol–water partition coefficient (Wildman–Crippen LogP) is 0.341. The number of aliphatic carboxylic acids is 1. The van der Waals surface area contributed by atoms with Crippen molar-refractivity contribution in [1.29, 1.82) is 0 Å². The third-order valence-corrected chi connectivity index (χ3v) is 1.98. The molecule has 0 bridgehead atoms. The van der Waals surface area contributed by atoms with Gasteiger partial charge in [-0.15, -0.1) is 0 Å². The third-order valence-electron chi connectivity index (χ3n) is 1.98. The Hall–Kier alpha value is -1.19. The Kier molecular flexibility index (Phi) is 2.26. The van der Waals surface area contributed by atoms with Crippen LogP contribution < -0.4 is 0 Å². The zero-order chi connectivity index (χ0) is 9.30. The average Bonchev–Trinajstić information content (AvgIpc) is 2.30. The molecular formula is C8H13N2O2. The zero-order valence-corrected chi connectivity index (χ0v) is 7.53. The minimum Gasteiger partial charge on any atom is -0.478 e. The quantitative estimate of drug-likeness (QED) is 0.575. The maximum Gasteiger partial charge on any atom is 0.334 e. The summed E-state index contributed by atoms with van der Waals surface area (Å²) in [6.07, 6.45) is 0. The smallest absolute Gasteiger partial charge is 0.334 e. The molecule has 12 heavy (non-hydrogen) atoms. The van der Waals surface area contributed by atoms with Gasteiger partial charge in [-0.25, -0.2) is 4.79 Å². The summed E-state index contributed by atoms with van der Waals surface area (Å²) in [4.78, 5) is 14.4. The number of carbonyl (C=O) groups is 1. The number of hydrogen-bond donors (Lipinski definition) is 1.